The monoisotopic (exact) mass is 342 g/mol. The number of aryl methyl sites for hydroxylation is 2. The summed E-state index contributed by atoms with van der Waals surface area (Å²) in [6.07, 6.45) is 1.53. The van der Waals surface area contributed by atoms with Gasteiger partial charge in [0.1, 0.15) is 17.8 Å². The zero-order valence-electron chi connectivity index (χ0n) is 16.2. The molecule has 1 aromatic carbocycles. The number of aromatic nitrogens is 2. The van der Waals surface area contributed by atoms with Crippen LogP contribution >= 0.6 is 0 Å². The Morgan fingerprint density at radius 2 is 1.52 bits per heavy atom. The molecule has 0 aliphatic heterocycles. The van der Waals surface area contributed by atoms with Crippen LogP contribution in [0.5, 0.6) is 11.6 Å². The zero-order chi connectivity index (χ0) is 18.6. The van der Waals surface area contributed by atoms with E-state index < -0.39 is 0 Å². The number of nitrogen functional groups attached to an aromatic ring is 1. The van der Waals surface area contributed by atoms with E-state index in [1.807, 2.05) is 26.0 Å². The molecule has 0 radical (unpaired) electrons. The quantitative estimate of drug-likeness (QED) is 0.797. The van der Waals surface area contributed by atoms with Crippen LogP contribution in [0, 0.1) is 25.7 Å². The van der Waals surface area contributed by atoms with Crippen molar-refractivity contribution in [2.45, 2.75) is 41.5 Å². The molecule has 0 atom stereocenters. The van der Waals surface area contributed by atoms with Crippen molar-refractivity contribution < 1.29 is 4.74 Å². The number of hydrogen-bond acceptors (Lipinski definition) is 5. The van der Waals surface area contributed by atoms with Crippen molar-refractivity contribution in [2.75, 3.05) is 23.7 Å². The minimum absolute atomic E-state index is 0.410. The van der Waals surface area contributed by atoms with Gasteiger partial charge in [-0.1, -0.05) is 33.8 Å². The highest BCUT2D eigenvalue weighted by molar-refractivity contribution is 5.68. The van der Waals surface area contributed by atoms with Crippen molar-refractivity contribution >= 4 is 11.5 Å². The average molecular weight is 342 g/mol. The highest BCUT2D eigenvalue weighted by atomic mass is 16.5. The summed E-state index contributed by atoms with van der Waals surface area (Å²) in [7, 11) is 0. The van der Waals surface area contributed by atoms with E-state index in [1.165, 1.54) is 6.33 Å². The summed E-state index contributed by atoms with van der Waals surface area (Å²) in [6, 6.07) is 6.07. The number of ether oxygens (including phenoxy) is 1. The fourth-order valence-corrected chi connectivity index (χ4v) is 2.94. The topological polar surface area (TPSA) is 64.3 Å². The Balaban J connectivity index is 2.33. The van der Waals surface area contributed by atoms with Gasteiger partial charge < -0.3 is 15.4 Å². The normalized spacial score (nSPS) is 11.2. The molecule has 2 rings (SSSR count). The lowest BCUT2D eigenvalue weighted by Crippen LogP contribution is -2.32. The van der Waals surface area contributed by atoms with Gasteiger partial charge in [-0.3, -0.25) is 0 Å². The molecule has 1 aromatic heterocycles. The largest absolute Gasteiger partial charge is 0.437 e. The second-order valence-electron chi connectivity index (χ2n) is 7.53. The molecule has 5 nitrogen and oxygen atoms in total. The lowest BCUT2D eigenvalue weighted by molar-refractivity contribution is 0.462. The summed E-state index contributed by atoms with van der Waals surface area (Å²) in [5.74, 6) is 2.92. The Kier molecular flexibility index (Phi) is 6.23. The van der Waals surface area contributed by atoms with Crippen LogP contribution in [0.4, 0.5) is 11.5 Å². The number of hydrogen-bond donors (Lipinski definition) is 1. The standard InChI is InChI=1S/C20H30N4O/c1-13(2)10-24(11-14(3)4)19-18(21)20(23-12-22-19)25-17-8-15(5)7-16(6)9-17/h7-9,12-14H,10-11,21H2,1-6H3. The predicted octanol–water partition coefficient (Wildman–Crippen LogP) is 4.59. The summed E-state index contributed by atoms with van der Waals surface area (Å²) in [5.41, 5.74) is 9.14. The summed E-state index contributed by atoms with van der Waals surface area (Å²) < 4.78 is 5.97. The van der Waals surface area contributed by atoms with Crippen LogP contribution in [0.1, 0.15) is 38.8 Å². The summed E-state index contributed by atoms with van der Waals surface area (Å²) in [6.45, 7) is 14.6. The number of nitrogens with two attached hydrogens (primary N) is 1. The third-order valence-corrected chi connectivity index (χ3v) is 3.71. The second kappa shape index (κ2) is 8.19. The molecule has 0 bridgehead atoms. The van der Waals surface area contributed by atoms with Gasteiger partial charge in [0.2, 0.25) is 5.88 Å². The van der Waals surface area contributed by atoms with Gasteiger partial charge in [-0.15, -0.1) is 0 Å². The number of benzene rings is 1. The minimum atomic E-state index is 0.410. The molecular formula is C20H30N4O. The molecule has 136 valence electrons. The van der Waals surface area contributed by atoms with Gasteiger partial charge in [0.25, 0.3) is 0 Å². The van der Waals surface area contributed by atoms with E-state index >= 15 is 0 Å². The highest BCUT2D eigenvalue weighted by Gasteiger charge is 2.18. The molecule has 0 spiro atoms. The van der Waals surface area contributed by atoms with E-state index in [1.54, 1.807) is 0 Å². The van der Waals surface area contributed by atoms with Crippen LogP contribution in [-0.2, 0) is 0 Å². The second-order valence-corrected chi connectivity index (χ2v) is 7.53. The Morgan fingerprint density at radius 1 is 0.960 bits per heavy atom. The molecule has 0 saturated carbocycles. The fraction of sp³-hybridized carbons (Fsp3) is 0.500. The number of anilines is 2. The lowest BCUT2D eigenvalue weighted by Gasteiger charge is -2.28. The van der Waals surface area contributed by atoms with Gasteiger partial charge >= 0.3 is 0 Å². The Labute approximate surface area is 151 Å². The Morgan fingerprint density at radius 3 is 2.04 bits per heavy atom. The third-order valence-electron chi connectivity index (χ3n) is 3.71. The van der Waals surface area contributed by atoms with Crippen LogP contribution in [0.15, 0.2) is 24.5 Å². The molecule has 2 N–H and O–H groups in total. The van der Waals surface area contributed by atoms with Gasteiger partial charge in [0.05, 0.1) is 0 Å². The summed E-state index contributed by atoms with van der Waals surface area (Å²) >= 11 is 0. The average Bonchev–Trinajstić information content (AvgIpc) is 2.46. The molecule has 2 aromatic rings. The van der Waals surface area contributed by atoms with Crippen LogP contribution in [0.2, 0.25) is 0 Å². The van der Waals surface area contributed by atoms with E-state index in [-0.39, 0.29) is 0 Å². The first-order chi connectivity index (χ1) is 11.8. The fourth-order valence-electron chi connectivity index (χ4n) is 2.94. The summed E-state index contributed by atoms with van der Waals surface area (Å²) in [4.78, 5) is 10.9. The molecule has 0 aliphatic rings. The molecule has 0 saturated heterocycles. The third kappa shape index (κ3) is 5.34. The Hall–Kier alpha value is -2.30. The highest BCUT2D eigenvalue weighted by Crippen LogP contribution is 2.32. The molecule has 0 aliphatic carbocycles. The number of rotatable bonds is 7. The lowest BCUT2D eigenvalue weighted by atomic mass is 10.1. The van der Waals surface area contributed by atoms with Crippen molar-refractivity contribution in [3.63, 3.8) is 0 Å². The van der Waals surface area contributed by atoms with Gasteiger partial charge in [-0.25, -0.2) is 4.98 Å². The molecular weight excluding hydrogens is 312 g/mol. The SMILES string of the molecule is Cc1cc(C)cc(Oc2ncnc(N(CC(C)C)CC(C)C)c2N)c1. The van der Waals surface area contributed by atoms with Crippen LogP contribution in [0.3, 0.4) is 0 Å². The smallest absolute Gasteiger partial charge is 0.248 e. The van der Waals surface area contributed by atoms with Crippen LogP contribution in [-0.4, -0.2) is 23.1 Å². The molecule has 0 fully saturated rings. The van der Waals surface area contributed by atoms with E-state index in [9.17, 15) is 0 Å². The first kappa shape index (κ1) is 19.0. The predicted molar refractivity (Wildman–Crippen MR) is 104 cm³/mol. The van der Waals surface area contributed by atoms with Gasteiger partial charge in [-0.2, -0.15) is 4.98 Å². The van der Waals surface area contributed by atoms with Crippen LogP contribution in [0.25, 0.3) is 0 Å². The molecule has 0 amide bonds. The molecule has 1 heterocycles. The maximum absolute atomic E-state index is 6.37. The maximum atomic E-state index is 6.37. The van der Waals surface area contributed by atoms with E-state index in [0.717, 1.165) is 35.8 Å². The zero-order valence-corrected chi connectivity index (χ0v) is 16.2. The first-order valence-corrected chi connectivity index (χ1v) is 8.87. The van der Waals surface area contributed by atoms with Crippen molar-refractivity contribution in [3.8, 4) is 11.6 Å². The van der Waals surface area contributed by atoms with Gasteiger partial charge in [-0.05, 0) is 48.9 Å². The van der Waals surface area contributed by atoms with E-state index in [4.69, 9.17) is 10.5 Å². The van der Waals surface area contributed by atoms with Crippen molar-refractivity contribution in [1.29, 1.82) is 0 Å². The minimum Gasteiger partial charge on any atom is -0.437 e. The van der Waals surface area contributed by atoms with Crippen molar-refractivity contribution in [1.82, 2.24) is 9.97 Å². The van der Waals surface area contributed by atoms with E-state index in [0.29, 0.717) is 23.4 Å². The first-order valence-electron chi connectivity index (χ1n) is 8.87. The maximum Gasteiger partial charge on any atom is 0.248 e. The van der Waals surface area contributed by atoms with Crippen LogP contribution < -0.4 is 15.4 Å². The van der Waals surface area contributed by atoms with Crippen molar-refractivity contribution in [2.24, 2.45) is 11.8 Å². The molecule has 5 heteroatoms. The van der Waals surface area contributed by atoms with Crippen molar-refractivity contribution in [3.05, 3.63) is 35.7 Å². The van der Waals surface area contributed by atoms with Gasteiger partial charge in [0.15, 0.2) is 5.82 Å². The summed E-state index contributed by atoms with van der Waals surface area (Å²) in [5, 5.41) is 0. The molecule has 0 unspecified atom stereocenters. The number of nitrogens with zero attached hydrogens (tertiary/aromatic N) is 3. The van der Waals surface area contributed by atoms with Gasteiger partial charge in [0, 0.05) is 13.1 Å². The molecule has 25 heavy (non-hydrogen) atoms. The van der Waals surface area contributed by atoms with E-state index in [2.05, 4.69) is 48.6 Å². The Bertz CT molecular complexity index is 683.